The smallest absolute Gasteiger partial charge is 0.248 e. The fourth-order valence-electron chi connectivity index (χ4n) is 0.903. The Hall–Kier alpha value is -1.31. The summed E-state index contributed by atoms with van der Waals surface area (Å²) in [5.74, 6) is 0. The zero-order chi connectivity index (χ0) is 8.27. The van der Waals surface area contributed by atoms with Crippen molar-refractivity contribution in [2.75, 3.05) is 0 Å². The number of aromatic nitrogens is 1. The van der Waals surface area contributed by atoms with Gasteiger partial charge in [-0.15, -0.1) is 0 Å². The van der Waals surface area contributed by atoms with Crippen LogP contribution in [-0.4, -0.2) is 4.98 Å². The second-order valence-electron chi connectivity index (χ2n) is 2.42. The molecule has 2 heteroatoms. The largest absolute Gasteiger partial charge is 0.322 e. The highest BCUT2D eigenvalue weighted by molar-refractivity contribution is 5.47. The highest BCUT2D eigenvalue weighted by atomic mass is 16.1. The molecule has 1 aromatic heterocycles. The number of hydrogen-bond acceptors (Lipinski definition) is 1. The maximum Gasteiger partial charge on any atom is 0.248 e. The van der Waals surface area contributed by atoms with Crippen LogP contribution in [0.2, 0.25) is 0 Å². The van der Waals surface area contributed by atoms with Crippen LogP contribution in [0.4, 0.5) is 0 Å². The van der Waals surface area contributed by atoms with Gasteiger partial charge in [-0.05, 0) is 25.5 Å². The summed E-state index contributed by atoms with van der Waals surface area (Å²) in [6, 6.07) is 3.34. The number of aryl methyl sites for hydroxylation is 1. The van der Waals surface area contributed by atoms with E-state index in [2.05, 4.69) is 4.98 Å². The van der Waals surface area contributed by atoms with Crippen molar-refractivity contribution in [3.63, 3.8) is 0 Å². The number of nitrogens with one attached hydrogen (secondary N) is 1. The van der Waals surface area contributed by atoms with Crippen LogP contribution in [0.5, 0.6) is 0 Å². The quantitative estimate of drug-likeness (QED) is 0.647. The predicted octanol–water partition coefficient (Wildman–Crippen LogP) is 1.72. The molecule has 1 heterocycles. The number of H-pyrrole nitrogens is 1. The number of allylic oxidation sites excluding steroid dienone is 1. The summed E-state index contributed by atoms with van der Waals surface area (Å²) < 4.78 is 0. The lowest BCUT2D eigenvalue weighted by Crippen LogP contribution is -2.05. The molecular weight excluding hydrogens is 138 g/mol. The number of pyridine rings is 1. The van der Waals surface area contributed by atoms with Gasteiger partial charge in [0.25, 0.3) is 0 Å². The van der Waals surface area contributed by atoms with Gasteiger partial charge < -0.3 is 4.98 Å². The van der Waals surface area contributed by atoms with Gasteiger partial charge in [-0.25, -0.2) is 0 Å². The highest BCUT2D eigenvalue weighted by Crippen LogP contribution is 2.01. The standard InChI is InChI=1S/C9H11NO/c1-3-4-8-7(2)5-6-9(11)10-8/h3-6H,1-2H3,(H,10,11)/b4-3-. The molecule has 11 heavy (non-hydrogen) atoms. The lowest BCUT2D eigenvalue weighted by atomic mass is 10.2. The van der Waals surface area contributed by atoms with Crippen molar-refractivity contribution in [3.8, 4) is 0 Å². The fourth-order valence-corrected chi connectivity index (χ4v) is 0.903. The third-order valence-electron chi connectivity index (χ3n) is 1.50. The lowest BCUT2D eigenvalue weighted by molar-refractivity contribution is 1.17. The van der Waals surface area contributed by atoms with Gasteiger partial charge >= 0.3 is 0 Å². The van der Waals surface area contributed by atoms with Gasteiger partial charge in [-0.2, -0.15) is 0 Å². The Kier molecular flexibility index (Phi) is 2.26. The van der Waals surface area contributed by atoms with E-state index < -0.39 is 0 Å². The molecule has 0 aliphatic heterocycles. The Bertz CT molecular complexity index is 323. The van der Waals surface area contributed by atoms with E-state index in [1.54, 1.807) is 0 Å². The van der Waals surface area contributed by atoms with E-state index in [4.69, 9.17) is 0 Å². The second-order valence-corrected chi connectivity index (χ2v) is 2.42. The topological polar surface area (TPSA) is 32.9 Å². The molecule has 0 saturated heterocycles. The molecule has 0 amide bonds. The van der Waals surface area contributed by atoms with E-state index in [9.17, 15) is 4.79 Å². The van der Waals surface area contributed by atoms with Gasteiger partial charge in [0.1, 0.15) is 0 Å². The Balaban J connectivity index is 3.23. The zero-order valence-electron chi connectivity index (χ0n) is 6.72. The normalized spacial score (nSPS) is 10.7. The molecule has 0 unspecified atom stereocenters. The number of hydrogen-bond donors (Lipinski definition) is 1. The molecule has 0 aliphatic carbocycles. The van der Waals surface area contributed by atoms with E-state index in [-0.39, 0.29) is 5.56 Å². The molecule has 1 N–H and O–H groups in total. The Labute approximate surface area is 65.6 Å². The third-order valence-corrected chi connectivity index (χ3v) is 1.50. The summed E-state index contributed by atoms with van der Waals surface area (Å²) in [5, 5.41) is 0. The van der Waals surface area contributed by atoms with Crippen LogP contribution in [0, 0.1) is 6.92 Å². The third kappa shape index (κ3) is 1.80. The first-order valence-corrected chi connectivity index (χ1v) is 3.56. The fraction of sp³-hybridized carbons (Fsp3) is 0.222. The molecule has 1 aromatic rings. The molecule has 0 atom stereocenters. The SMILES string of the molecule is C/C=C\c1[nH]c(=O)ccc1C. The second kappa shape index (κ2) is 3.19. The van der Waals surface area contributed by atoms with Gasteiger partial charge in [0, 0.05) is 11.8 Å². The summed E-state index contributed by atoms with van der Waals surface area (Å²) >= 11 is 0. The first kappa shape index (κ1) is 7.79. The van der Waals surface area contributed by atoms with Crippen LogP contribution in [0.15, 0.2) is 23.0 Å². The molecule has 0 aliphatic rings. The Morgan fingerprint density at radius 2 is 2.18 bits per heavy atom. The van der Waals surface area contributed by atoms with E-state index >= 15 is 0 Å². The Morgan fingerprint density at radius 3 is 2.82 bits per heavy atom. The molecule has 0 radical (unpaired) electrons. The van der Waals surface area contributed by atoms with E-state index in [0.29, 0.717) is 0 Å². The maximum atomic E-state index is 10.8. The van der Waals surface area contributed by atoms with Gasteiger partial charge in [0.05, 0.1) is 0 Å². The van der Waals surface area contributed by atoms with Crippen molar-refractivity contribution in [3.05, 3.63) is 39.8 Å². The monoisotopic (exact) mass is 149 g/mol. The van der Waals surface area contributed by atoms with Crippen LogP contribution < -0.4 is 5.56 Å². The van der Waals surface area contributed by atoms with E-state index in [0.717, 1.165) is 11.3 Å². The van der Waals surface area contributed by atoms with Gasteiger partial charge in [-0.3, -0.25) is 4.79 Å². The van der Waals surface area contributed by atoms with E-state index in [1.807, 2.05) is 32.1 Å². The predicted molar refractivity (Wildman–Crippen MR) is 46.5 cm³/mol. The van der Waals surface area contributed by atoms with Crippen molar-refractivity contribution in [1.29, 1.82) is 0 Å². The summed E-state index contributed by atoms with van der Waals surface area (Å²) in [4.78, 5) is 13.6. The van der Waals surface area contributed by atoms with Gasteiger partial charge in [0.15, 0.2) is 0 Å². The van der Waals surface area contributed by atoms with Crippen molar-refractivity contribution in [2.24, 2.45) is 0 Å². The molecule has 2 nitrogen and oxygen atoms in total. The summed E-state index contributed by atoms with van der Waals surface area (Å²) in [7, 11) is 0. The van der Waals surface area contributed by atoms with Crippen molar-refractivity contribution < 1.29 is 0 Å². The van der Waals surface area contributed by atoms with Gasteiger partial charge in [-0.1, -0.05) is 12.1 Å². The summed E-state index contributed by atoms with van der Waals surface area (Å²) in [6.07, 6.45) is 3.79. The number of rotatable bonds is 1. The molecule has 58 valence electrons. The Morgan fingerprint density at radius 1 is 1.45 bits per heavy atom. The molecule has 1 rings (SSSR count). The lowest BCUT2D eigenvalue weighted by Gasteiger charge is -1.96. The molecule has 0 aromatic carbocycles. The molecule has 0 fully saturated rings. The molecule has 0 saturated carbocycles. The highest BCUT2D eigenvalue weighted by Gasteiger charge is 1.92. The van der Waals surface area contributed by atoms with Crippen molar-refractivity contribution in [2.45, 2.75) is 13.8 Å². The van der Waals surface area contributed by atoms with Crippen LogP contribution in [0.25, 0.3) is 6.08 Å². The van der Waals surface area contributed by atoms with Gasteiger partial charge in [0.2, 0.25) is 5.56 Å². The minimum Gasteiger partial charge on any atom is -0.322 e. The average molecular weight is 149 g/mol. The van der Waals surface area contributed by atoms with Crippen LogP contribution >= 0.6 is 0 Å². The van der Waals surface area contributed by atoms with Crippen LogP contribution in [0.3, 0.4) is 0 Å². The minimum absolute atomic E-state index is 0.0521. The average Bonchev–Trinajstić information content (AvgIpc) is 1.98. The molecule has 0 spiro atoms. The summed E-state index contributed by atoms with van der Waals surface area (Å²) in [5.41, 5.74) is 1.92. The molecular formula is C9H11NO. The molecule has 0 bridgehead atoms. The van der Waals surface area contributed by atoms with E-state index in [1.165, 1.54) is 6.07 Å². The first-order valence-electron chi connectivity index (χ1n) is 3.56. The van der Waals surface area contributed by atoms with Crippen molar-refractivity contribution in [1.82, 2.24) is 4.98 Å². The maximum absolute atomic E-state index is 10.8. The van der Waals surface area contributed by atoms with Crippen molar-refractivity contribution >= 4 is 6.08 Å². The van der Waals surface area contributed by atoms with Crippen LogP contribution in [-0.2, 0) is 0 Å². The van der Waals surface area contributed by atoms with Crippen LogP contribution in [0.1, 0.15) is 18.2 Å². The first-order chi connectivity index (χ1) is 5.24. The number of aromatic amines is 1. The summed E-state index contributed by atoms with van der Waals surface area (Å²) in [6.45, 7) is 3.88. The minimum atomic E-state index is -0.0521. The zero-order valence-corrected chi connectivity index (χ0v) is 6.72.